The molecular formula is C21H23N5OS4. The molecule has 162 valence electrons. The van der Waals surface area contributed by atoms with Gasteiger partial charge >= 0.3 is 0 Å². The van der Waals surface area contributed by atoms with Crippen LogP contribution in [0.15, 0.2) is 43.3 Å². The zero-order chi connectivity index (χ0) is 22.0. The van der Waals surface area contributed by atoms with Crippen molar-refractivity contribution in [1.82, 2.24) is 10.2 Å². The maximum atomic E-state index is 13.2. The lowest BCUT2D eigenvalue weighted by atomic mass is 9.78. The Labute approximate surface area is 198 Å². The van der Waals surface area contributed by atoms with E-state index in [2.05, 4.69) is 36.2 Å². The summed E-state index contributed by atoms with van der Waals surface area (Å²) in [5.41, 5.74) is 8.62. The number of carbonyl (C=O) groups excluding carboxylic acids is 1. The lowest BCUT2D eigenvalue weighted by Gasteiger charge is -2.37. The van der Waals surface area contributed by atoms with E-state index >= 15 is 0 Å². The number of Topliss-reactive ketones (excluding diaryl/α,β-unsaturated/α-hetero) is 1. The molecule has 0 fully saturated rings. The minimum atomic E-state index is -0.403. The van der Waals surface area contributed by atoms with Crippen molar-refractivity contribution in [3.63, 3.8) is 0 Å². The summed E-state index contributed by atoms with van der Waals surface area (Å²) >= 11 is 6.44. The summed E-state index contributed by atoms with van der Waals surface area (Å²) in [7, 11) is 0. The number of aromatic nitrogens is 2. The summed E-state index contributed by atoms with van der Waals surface area (Å²) in [6.45, 7) is 4.23. The maximum Gasteiger partial charge on any atom is 0.219 e. The Balaban J connectivity index is 1.86. The largest absolute Gasteiger partial charge is 0.384 e. The minimum Gasteiger partial charge on any atom is -0.384 e. The van der Waals surface area contributed by atoms with E-state index in [1.807, 2.05) is 10.3 Å². The Morgan fingerprint density at radius 3 is 2.90 bits per heavy atom. The molecule has 10 heteroatoms. The lowest BCUT2D eigenvalue weighted by molar-refractivity contribution is -0.116. The summed E-state index contributed by atoms with van der Waals surface area (Å²) in [4.78, 5) is 17.2. The Morgan fingerprint density at radius 2 is 2.16 bits per heavy atom. The van der Waals surface area contributed by atoms with Gasteiger partial charge < -0.3 is 5.73 Å². The predicted molar refractivity (Wildman–Crippen MR) is 130 cm³/mol. The van der Waals surface area contributed by atoms with E-state index in [1.165, 1.54) is 11.3 Å². The molecule has 1 atom stereocenters. The van der Waals surface area contributed by atoms with Crippen LogP contribution in [0.3, 0.4) is 0 Å². The van der Waals surface area contributed by atoms with Crippen molar-refractivity contribution in [3.05, 3.63) is 39.0 Å². The van der Waals surface area contributed by atoms with Gasteiger partial charge in [0.1, 0.15) is 5.82 Å². The second kappa shape index (κ2) is 9.77. The molecule has 4 rings (SSSR count). The van der Waals surface area contributed by atoms with Crippen LogP contribution < -0.4 is 10.6 Å². The number of hydrogen-bond acceptors (Lipinski definition) is 10. The van der Waals surface area contributed by atoms with Crippen molar-refractivity contribution in [2.24, 2.45) is 5.73 Å². The van der Waals surface area contributed by atoms with Crippen LogP contribution in [0, 0.1) is 11.3 Å². The average Bonchev–Trinajstić information content (AvgIpc) is 3.41. The second-order valence-electron chi connectivity index (χ2n) is 7.10. The number of nitrogens with two attached hydrogens (primary N) is 1. The molecule has 0 saturated heterocycles. The van der Waals surface area contributed by atoms with Gasteiger partial charge in [-0.2, -0.15) is 5.26 Å². The summed E-state index contributed by atoms with van der Waals surface area (Å²) in [5.74, 6) is 1.95. The summed E-state index contributed by atoms with van der Waals surface area (Å²) in [6, 6.07) is 4.40. The summed E-state index contributed by atoms with van der Waals surface area (Å²) in [5, 5.41) is 21.4. The third-order valence-electron chi connectivity index (χ3n) is 5.15. The first-order valence-electron chi connectivity index (χ1n) is 10.2. The first-order chi connectivity index (χ1) is 15.1. The Kier molecular flexibility index (Phi) is 7.06. The monoisotopic (exact) mass is 489 g/mol. The number of rotatable bonds is 7. The van der Waals surface area contributed by atoms with Crippen LogP contribution in [-0.2, 0) is 4.79 Å². The molecule has 0 saturated carbocycles. The Bertz CT molecular complexity index is 1090. The Hall–Kier alpha value is -1.80. The number of nitriles is 1. The van der Waals surface area contributed by atoms with Crippen LogP contribution in [-0.4, -0.2) is 27.5 Å². The topological polar surface area (TPSA) is 95.9 Å². The number of allylic oxidation sites excluding steroid dienone is 3. The number of anilines is 1. The third-order valence-corrected chi connectivity index (χ3v) is 9.46. The highest BCUT2D eigenvalue weighted by molar-refractivity contribution is 8.01. The van der Waals surface area contributed by atoms with Gasteiger partial charge in [0.15, 0.2) is 10.1 Å². The van der Waals surface area contributed by atoms with E-state index in [0.717, 1.165) is 50.6 Å². The first-order valence-corrected chi connectivity index (χ1v) is 13.9. The first kappa shape index (κ1) is 22.4. The zero-order valence-corrected chi connectivity index (χ0v) is 20.6. The van der Waals surface area contributed by atoms with Gasteiger partial charge in [-0.25, -0.2) is 0 Å². The fourth-order valence-corrected chi connectivity index (χ4v) is 7.76. The lowest BCUT2D eigenvalue weighted by Crippen LogP contribution is -2.38. The van der Waals surface area contributed by atoms with Crippen molar-refractivity contribution >= 4 is 57.1 Å². The van der Waals surface area contributed by atoms with E-state index < -0.39 is 5.92 Å². The maximum absolute atomic E-state index is 13.2. The van der Waals surface area contributed by atoms with Crippen molar-refractivity contribution in [2.75, 3.05) is 16.4 Å². The van der Waals surface area contributed by atoms with Gasteiger partial charge in [-0.3, -0.25) is 9.69 Å². The van der Waals surface area contributed by atoms with Gasteiger partial charge in [0.05, 0.1) is 17.6 Å². The molecule has 0 aromatic carbocycles. The molecule has 0 bridgehead atoms. The van der Waals surface area contributed by atoms with Gasteiger partial charge in [0.25, 0.3) is 0 Å². The molecule has 0 amide bonds. The standard InChI is InChI=1S/C21H23N5OS4/c1-3-9-30-21-25-24-20(31-21)26-13-6-5-7-14(27)17(13)16(12(11-22)19(26)23)18-15(28-4-2)8-10-29-18/h8,10,16H,3-7,9,23H2,1-2H3. The van der Waals surface area contributed by atoms with Crippen LogP contribution in [0.2, 0.25) is 0 Å². The SMILES string of the molecule is CCCSc1nnc(N2C(N)=C(C#N)C(c3sccc3SCC)C3=C2CCCC3=O)s1. The van der Waals surface area contributed by atoms with E-state index in [1.54, 1.807) is 34.9 Å². The molecule has 3 heterocycles. The molecule has 2 aromatic heterocycles. The highest BCUT2D eigenvalue weighted by Gasteiger charge is 2.42. The highest BCUT2D eigenvalue weighted by Crippen LogP contribution is 2.50. The fourth-order valence-electron chi connectivity index (χ4n) is 3.90. The van der Waals surface area contributed by atoms with E-state index in [-0.39, 0.29) is 5.78 Å². The fraction of sp³-hybridized carbons (Fsp3) is 0.429. The molecule has 1 aliphatic heterocycles. The van der Waals surface area contributed by atoms with Gasteiger partial charge in [-0.15, -0.1) is 33.3 Å². The number of thioether (sulfide) groups is 2. The van der Waals surface area contributed by atoms with Crippen LogP contribution in [0.4, 0.5) is 5.13 Å². The molecule has 0 spiro atoms. The summed E-state index contributed by atoms with van der Waals surface area (Å²) in [6.07, 6.45) is 3.05. The van der Waals surface area contributed by atoms with Gasteiger partial charge in [0, 0.05) is 33.2 Å². The average molecular weight is 490 g/mol. The van der Waals surface area contributed by atoms with Crippen LogP contribution in [0.25, 0.3) is 0 Å². The Morgan fingerprint density at radius 1 is 1.32 bits per heavy atom. The smallest absolute Gasteiger partial charge is 0.219 e. The molecule has 6 nitrogen and oxygen atoms in total. The third kappa shape index (κ3) is 4.16. The second-order valence-corrected chi connectivity index (χ2v) is 11.6. The van der Waals surface area contributed by atoms with Crippen molar-refractivity contribution in [3.8, 4) is 6.07 Å². The molecule has 0 radical (unpaired) electrons. The van der Waals surface area contributed by atoms with Crippen molar-refractivity contribution in [1.29, 1.82) is 5.26 Å². The molecule has 2 aliphatic rings. The number of nitrogens with zero attached hydrogens (tertiary/aromatic N) is 4. The number of hydrogen-bond donors (Lipinski definition) is 1. The normalized spacial score (nSPS) is 19.1. The molecule has 1 aliphatic carbocycles. The van der Waals surface area contributed by atoms with Crippen molar-refractivity contribution < 1.29 is 4.79 Å². The predicted octanol–water partition coefficient (Wildman–Crippen LogP) is 5.52. The minimum absolute atomic E-state index is 0.0995. The highest BCUT2D eigenvalue weighted by atomic mass is 32.2. The summed E-state index contributed by atoms with van der Waals surface area (Å²) < 4.78 is 0.870. The zero-order valence-electron chi connectivity index (χ0n) is 17.4. The van der Waals surface area contributed by atoms with Gasteiger partial charge in [0.2, 0.25) is 5.13 Å². The molecule has 1 unspecified atom stereocenters. The van der Waals surface area contributed by atoms with Gasteiger partial charge in [-0.05, 0) is 36.5 Å². The number of carbonyl (C=O) groups is 1. The van der Waals surface area contributed by atoms with E-state index in [0.29, 0.717) is 28.5 Å². The molecule has 2 aromatic rings. The van der Waals surface area contributed by atoms with Crippen LogP contribution in [0.1, 0.15) is 50.3 Å². The number of ketones is 1. The molecule has 31 heavy (non-hydrogen) atoms. The quantitative estimate of drug-likeness (QED) is 0.508. The van der Waals surface area contributed by atoms with Gasteiger partial charge in [-0.1, -0.05) is 36.9 Å². The van der Waals surface area contributed by atoms with E-state index in [9.17, 15) is 10.1 Å². The van der Waals surface area contributed by atoms with E-state index in [4.69, 9.17) is 5.73 Å². The number of thiophene rings is 1. The van der Waals surface area contributed by atoms with Crippen molar-refractivity contribution in [2.45, 2.75) is 54.7 Å². The molecular weight excluding hydrogens is 467 g/mol. The van der Waals surface area contributed by atoms with Crippen LogP contribution in [0.5, 0.6) is 0 Å². The molecule has 2 N–H and O–H groups in total. The van der Waals surface area contributed by atoms with Crippen LogP contribution >= 0.6 is 46.2 Å².